The average molecular weight is 244 g/mol. The van der Waals surface area contributed by atoms with Crippen LogP contribution in [0.2, 0.25) is 0 Å². The smallest absolute Gasteiger partial charge is 0.303 e. The summed E-state index contributed by atoms with van der Waals surface area (Å²) in [6, 6.07) is 11.1. The molecule has 18 heavy (non-hydrogen) atoms. The second-order valence-electron chi connectivity index (χ2n) is 3.87. The number of carboxylic acids is 1. The van der Waals surface area contributed by atoms with Crippen LogP contribution in [0.1, 0.15) is 12.0 Å². The molecule has 0 aliphatic rings. The standard InChI is InChI=1S/C14H12O4/c15-9-18-13-7-5-10-3-1-2-4-11(10)12(13)6-8-14(16)17/h1-5,7,9H,6,8H2,(H,16,17). The Morgan fingerprint density at radius 2 is 2.00 bits per heavy atom. The van der Waals surface area contributed by atoms with E-state index in [-0.39, 0.29) is 6.42 Å². The molecule has 0 saturated carbocycles. The van der Waals surface area contributed by atoms with Gasteiger partial charge in [0.25, 0.3) is 6.47 Å². The number of ether oxygens (including phenoxy) is 1. The van der Waals surface area contributed by atoms with Crippen molar-refractivity contribution in [1.29, 1.82) is 0 Å². The van der Waals surface area contributed by atoms with Crippen LogP contribution < -0.4 is 4.74 Å². The number of hydrogen-bond acceptors (Lipinski definition) is 3. The Morgan fingerprint density at radius 1 is 1.22 bits per heavy atom. The second-order valence-corrected chi connectivity index (χ2v) is 3.87. The zero-order valence-corrected chi connectivity index (χ0v) is 9.63. The fourth-order valence-electron chi connectivity index (χ4n) is 1.97. The normalized spacial score (nSPS) is 10.2. The predicted molar refractivity (Wildman–Crippen MR) is 66.6 cm³/mol. The minimum Gasteiger partial charge on any atom is -0.481 e. The van der Waals surface area contributed by atoms with Gasteiger partial charge >= 0.3 is 5.97 Å². The number of aliphatic carboxylic acids is 1. The molecule has 92 valence electrons. The zero-order chi connectivity index (χ0) is 13.0. The van der Waals surface area contributed by atoms with E-state index in [0.29, 0.717) is 18.6 Å². The van der Waals surface area contributed by atoms with Gasteiger partial charge in [0.15, 0.2) is 0 Å². The van der Waals surface area contributed by atoms with E-state index in [1.54, 1.807) is 6.07 Å². The van der Waals surface area contributed by atoms with Crippen molar-refractivity contribution >= 4 is 23.2 Å². The molecule has 1 N–H and O–H groups in total. The molecule has 0 bridgehead atoms. The molecule has 0 spiro atoms. The lowest BCUT2D eigenvalue weighted by Gasteiger charge is -2.10. The molecule has 0 radical (unpaired) electrons. The van der Waals surface area contributed by atoms with E-state index < -0.39 is 5.97 Å². The summed E-state index contributed by atoms with van der Waals surface area (Å²) in [4.78, 5) is 21.1. The van der Waals surface area contributed by atoms with Gasteiger partial charge in [0.2, 0.25) is 0 Å². The number of benzene rings is 2. The van der Waals surface area contributed by atoms with Gasteiger partial charge in [0.05, 0.1) is 0 Å². The molecule has 4 nitrogen and oxygen atoms in total. The lowest BCUT2D eigenvalue weighted by Crippen LogP contribution is -2.01. The van der Waals surface area contributed by atoms with Crippen molar-refractivity contribution in [3.63, 3.8) is 0 Å². The van der Waals surface area contributed by atoms with E-state index >= 15 is 0 Å². The van der Waals surface area contributed by atoms with Crippen molar-refractivity contribution < 1.29 is 19.4 Å². The van der Waals surface area contributed by atoms with Gasteiger partial charge in [0.1, 0.15) is 5.75 Å². The SMILES string of the molecule is O=COc1ccc2ccccc2c1CCC(=O)O. The molecule has 2 rings (SSSR count). The van der Waals surface area contributed by atoms with Gasteiger partial charge < -0.3 is 9.84 Å². The van der Waals surface area contributed by atoms with Gasteiger partial charge in [-0.3, -0.25) is 9.59 Å². The fourth-order valence-corrected chi connectivity index (χ4v) is 1.97. The molecular formula is C14H12O4. The largest absolute Gasteiger partial charge is 0.481 e. The highest BCUT2D eigenvalue weighted by Gasteiger charge is 2.10. The quantitative estimate of drug-likeness (QED) is 0.820. The number of hydrogen-bond donors (Lipinski definition) is 1. The molecule has 4 heteroatoms. The average Bonchev–Trinajstić information content (AvgIpc) is 2.37. The Morgan fingerprint density at radius 3 is 2.72 bits per heavy atom. The number of fused-ring (bicyclic) bond motifs is 1. The molecule has 0 aliphatic carbocycles. The maximum absolute atomic E-state index is 10.7. The third-order valence-corrected chi connectivity index (χ3v) is 2.76. The van der Waals surface area contributed by atoms with Crippen LogP contribution in [0.25, 0.3) is 10.8 Å². The minimum absolute atomic E-state index is 0.00320. The first kappa shape index (κ1) is 12.1. The third kappa shape index (κ3) is 2.48. The number of carbonyl (C=O) groups excluding carboxylic acids is 1. The maximum atomic E-state index is 10.7. The first-order valence-electron chi connectivity index (χ1n) is 5.55. The Kier molecular flexibility index (Phi) is 3.57. The summed E-state index contributed by atoms with van der Waals surface area (Å²) >= 11 is 0. The van der Waals surface area contributed by atoms with Crippen LogP contribution in [-0.2, 0) is 16.0 Å². The minimum atomic E-state index is -0.875. The fraction of sp³-hybridized carbons (Fsp3) is 0.143. The van der Waals surface area contributed by atoms with E-state index in [1.807, 2.05) is 30.3 Å². The van der Waals surface area contributed by atoms with E-state index in [1.165, 1.54) is 0 Å². The number of carboxylic acid groups (broad SMARTS) is 1. The van der Waals surface area contributed by atoms with Crippen LogP contribution in [-0.4, -0.2) is 17.5 Å². The summed E-state index contributed by atoms with van der Waals surface area (Å²) in [6.07, 6.45) is 0.336. The molecule has 0 atom stereocenters. The predicted octanol–water partition coefficient (Wildman–Crippen LogP) is 2.39. The highest BCUT2D eigenvalue weighted by molar-refractivity contribution is 5.88. The first-order chi connectivity index (χ1) is 8.72. The van der Waals surface area contributed by atoms with Crippen LogP contribution in [0, 0.1) is 0 Å². The van der Waals surface area contributed by atoms with Gasteiger partial charge in [-0.05, 0) is 23.3 Å². The summed E-state index contributed by atoms with van der Waals surface area (Å²) in [5.74, 6) is -0.454. The summed E-state index contributed by atoms with van der Waals surface area (Å²) in [5.41, 5.74) is 0.752. The molecular weight excluding hydrogens is 232 g/mol. The van der Waals surface area contributed by atoms with Crippen molar-refractivity contribution in [1.82, 2.24) is 0 Å². The molecule has 0 saturated heterocycles. The van der Waals surface area contributed by atoms with Gasteiger partial charge in [0, 0.05) is 12.0 Å². The van der Waals surface area contributed by atoms with E-state index in [0.717, 1.165) is 16.3 Å². The van der Waals surface area contributed by atoms with Crippen molar-refractivity contribution in [3.8, 4) is 5.75 Å². The number of rotatable bonds is 5. The number of aryl methyl sites for hydroxylation is 1. The van der Waals surface area contributed by atoms with E-state index in [4.69, 9.17) is 9.84 Å². The van der Waals surface area contributed by atoms with Gasteiger partial charge in [-0.1, -0.05) is 30.3 Å². The molecule has 0 heterocycles. The highest BCUT2D eigenvalue weighted by Crippen LogP contribution is 2.29. The van der Waals surface area contributed by atoms with Crippen LogP contribution in [0.5, 0.6) is 5.75 Å². The van der Waals surface area contributed by atoms with Crippen molar-refractivity contribution in [3.05, 3.63) is 42.0 Å². The molecule has 0 fully saturated rings. The van der Waals surface area contributed by atoms with Crippen molar-refractivity contribution in [2.24, 2.45) is 0 Å². The van der Waals surface area contributed by atoms with Crippen LogP contribution in [0.4, 0.5) is 0 Å². The Hall–Kier alpha value is -2.36. The van der Waals surface area contributed by atoms with E-state index in [2.05, 4.69) is 0 Å². The lowest BCUT2D eigenvalue weighted by atomic mass is 10.00. The van der Waals surface area contributed by atoms with Crippen LogP contribution >= 0.6 is 0 Å². The molecule has 0 aliphatic heterocycles. The molecule has 0 unspecified atom stereocenters. The summed E-state index contributed by atoms with van der Waals surface area (Å²) in [7, 11) is 0. The summed E-state index contributed by atoms with van der Waals surface area (Å²) in [6.45, 7) is 0.356. The number of carbonyl (C=O) groups is 2. The van der Waals surface area contributed by atoms with Gasteiger partial charge in [-0.25, -0.2) is 0 Å². The van der Waals surface area contributed by atoms with Crippen molar-refractivity contribution in [2.75, 3.05) is 0 Å². The lowest BCUT2D eigenvalue weighted by molar-refractivity contribution is -0.136. The highest BCUT2D eigenvalue weighted by atomic mass is 16.5. The second kappa shape index (κ2) is 5.31. The Balaban J connectivity index is 2.51. The Bertz CT molecular complexity index is 589. The zero-order valence-electron chi connectivity index (χ0n) is 9.63. The summed E-state index contributed by atoms with van der Waals surface area (Å²) < 4.78 is 4.90. The summed E-state index contributed by atoms with van der Waals surface area (Å²) in [5, 5.41) is 10.7. The maximum Gasteiger partial charge on any atom is 0.303 e. The Labute approximate surface area is 104 Å². The third-order valence-electron chi connectivity index (χ3n) is 2.76. The van der Waals surface area contributed by atoms with Crippen LogP contribution in [0.3, 0.4) is 0 Å². The molecule has 0 aromatic heterocycles. The van der Waals surface area contributed by atoms with E-state index in [9.17, 15) is 9.59 Å². The first-order valence-corrected chi connectivity index (χ1v) is 5.55. The molecule has 2 aromatic rings. The monoisotopic (exact) mass is 244 g/mol. The van der Waals surface area contributed by atoms with Gasteiger partial charge in [-0.2, -0.15) is 0 Å². The van der Waals surface area contributed by atoms with Gasteiger partial charge in [-0.15, -0.1) is 0 Å². The molecule has 2 aromatic carbocycles. The topological polar surface area (TPSA) is 63.6 Å². The van der Waals surface area contributed by atoms with Crippen LogP contribution in [0.15, 0.2) is 36.4 Å². The van der Waals surface area contributed by atoms with Crippen molar-refractivity contribution in [2.45, 2.75) is 12.8 Å². The molecule has 0 amide bonds.